The highest BCUT2D eigenvalue weighted by Gasteiger charge is 2.09. The van der Waals surface area contributed by atoms with Gasteiger partial charge in [0, 0.05) is 10.6 Å². The molecule has 3 nitrogen and oxygen atoms in total. The Morgan fingerprint density at radius 3 is 2.68 bits per heavy atom. The number of nitriles is 1. The molecule has 2 aromatic carbocycles. The van der Waals surface area contributed by atoms with Crippen LogP contribution >= 0.6 is 23.2 Å². The third kappa shape index (κ3) is 3.25. The maximum absolute atomic E-state index is 12.0. The summed E-state index contributed by atoms with van der Waals surface area (Å²) in [6.07, 6.45) is 0. The van der Waals surface area contributed by atoms with Gasteiger partial charge < -0.3 is 5.32 Å². The highest BCUT2D eigenvalue weighted by molar-refractivity contribution is 6.35. The molecule has 0 unspecified atom stereocenters. The maximum atomic E-state index is 12.0. The molecule has 0 radical (unpaired) electrons. The second kappa shape index (κ2) is 5.75. The first kappa shape index (κ1) is 13.4. The fourth-order valence-corrected chi connectivity index (χ4v) is 1.85. The Kier molecular flexibility index (Phi) is 4.06. The smallest absolute Gasteiger partial charge is 0.255 e. The zero-order chi connectivity index (χ0) is 13.8. The van der Waals surface area contributed by atoms with Gasteiger partial charge in [0.05, 0.1) is 22.3 Å². The van der Waals surface area contributed by atoms with Crippen molar-refractivity contribution in [2.24, 2.45) is 0 Å². The van der Waals surface area contributed by atoms with Gasteiger partial charge in [0.25, 0.3) is 5.91 Å². The molecule has 2 rings (SSSR count). The third-order valence-corrected chi connectivity index (χ3v) is 3.00. The number of carbonyl (C=O) groups is 1. The summed E-state index contributed by atoms with van der Waals surface area (Å²) in [5.74, 6) is -0.346. The molecule has 1 amide bonds. The van der Waals surface area contributed by atoms with Gasteiger partial charge in [0.15, 0.2) is 0 Å². The molecule has 0 spiro atoms. The quantitative estimate of drug-likeness (QED) is 0.905. The van der Waals surface area contributed by atoms with Crippen LogP contribution in [0.25, 0.3) is 0 Å². The van der Waals surface area contributed by atoms with Crippen molar-refractivity contribution < 1.29 is 4.79 Å². The van der Waals surface area contributed by atoms with Crippen LogP contribution in [0, 0.1) is 11.3 Å². The monoisotopic (exact) mass is 290 g/mol. The molecule has 0 saturated carbocycles. The molecule has 0 saturated heterocycles. The van der Waals surface area contributed by atoms with Crippen molar-refractivity contribution in [1.29, 1.82) is 5.26 Å². The van der Waals surface area contributed by atoms with Gasteiger partial charge in [-0.15, -0.1) is 0 Å². The van der Waals surface area contributed by atoms with Crippen LogP contribution < -0.4 is 5.32 Å². The Labute approximate surface area is 120 Å². The van der Waals surface area contributed by atoms with E-state index in [0.29, 0.717) is 26.9 Å². The first-order valence-electron chi connectivity index (χ1n) is 5.37. The van der Waals surface area contributed by atoms with E-state index in [0.717, 1.165) is 0 Å². The van der Waals surface area contributed by atoms with Crippen molar-refractivity contribution in [3.05, 3.63) is 63.6 Å². The van der Waals surface area contributed by atoms with Crippen LogP contribution in [-0.2, 0) is 0 Å². The van der Waals surface area contributed by atoms with E-state index in [1.54, 1.807) is 36.4 Å². The Morgan fingerprint density at radius 1 is 1.16 bits per heavy atom. The molecule has 19 heavy (non-hydrogen) atoms. The normalized spacial score (nSPS) is 9.74. The van der Waals surface area contributed by atoms with Gasteiger partial charge in [-0.1, -0.05) is 29.3 Å². The van der Waals surface area contributed by atoms with Crippen LogP contribution in [-0.4, -0.2) is 5.91 Å². The average Bonchev–Trinajstić information content (AvgIpc) is 2.43. The average molecular weight is 291 g/mol. The Hall–Kier alpha value is -2.02. The summed E-state index contributed by atoms with van der Waals surface area (Å²) in [6, 6.07) is 13.2. The number of rotatable bonds is 2. The molecule has 0 aliphatic rings. The molecule has 0 aliphatic heterocycles. The molecule has 1 N–H and O–H groups in total. The Bertz CT molecular complexity index is 677. The van der Waals surface area contributed by atoms with Crippen molar-refractivity contribution >= 4 is 34.8 Å². The van der Waals surface area contributed by atoms with Gasteiger partial charge >= 0.3 is 0 Å². The first-order chi connectivity index (χ1) is 9.10. The molecule has 0 heterocycles. The van der Waals surface area contributed by atoms with Gasteiger partial charge in [-0.3, -0.25) is 4.79 Å². The summed E-state index contributed by atoms with van der Waals surface area (Å²) in [4.78, 5) is 12.0. The summed E-state index contributed by atoms with van der Waals surface area (Å²) < 4.78 is 0. The lowest BCUT2D eigenvalue weighted by molar-refractivity contribution is 0.102. The molecule has 94 valence electrons. The zero-order valence-corrected chi connectivity index (χ0v) is 11.2. The minimum Gasteiger partial charge on any atom is -0.321 e. The first-order valence-corrected chi connectivity index (χ1v) is 6.12. The van der Waals surface area contributed by atoms with Gasteiger partial charge in [0.2, 0.25) is 0 Å². The van der Waals surface area contributed by atoms with Crippen molar-refractivity contribution in [3.8, 4) is 6.07 Å². The van der Waals surface area contributed by atoms with Crippen molar-refractivity contribution in [1.82, 2.24) is 0 Å². The van der Waals surface area contributed by atoms with Crippen molar-refractivity contribution in [2.75, 3.05) is 5.32 Å². The van der Waals surface area contributed by atoms with E-state index in [1.807, 2.05) is 6.07 Å². The molecule has 0 aliphatic carbocycles. The number of halogens is 2. The fourth-order valence-electron chi connectivity index (χ4n) is 1.52. The number of carbonyl (C=O) groups excluding carboxylic acids is 1. The third-order valence-electron chi connectivity index (χ3n) is 2.43. The zero-order valence-electron chi connectivity index (χ0n) is 9.65. The lowest BCUT2D eigenvalue weighted by Crippen LogP contribution is -2.12. The molecule has 2 aromatic rings. The largest absolute Gasteiger partial charge is 0.321 e. The summed E-state index contributed by atoms with van der Waals surface area (Å²) in [7, 11) is 0. The SMILES string of the molecule is N#Cc1cccc(C(=O)Nc2cc(Cl)ccc2Cl)c1. The number of anilines is 1. The van der Waals surface area contributed by atoms with E-state index in [-0.39, 0.29) is 5.91 Å². The minimum absolute atomic E-state index is 0.346. The Morgan fingerprint density at radius 2 is 1.95 bits per heavy atom. The lowest BCUT2D eigenvalue weighted by Gasteiger charge is -2.07. The van der Waals surface area contributed by atoms with Gasteiger partial charge in [-0.2, -0.15) is 5.26 Å². The topological polar surface area (TPSA) is 52.9 Å². The molecule has 5 heteroatoms. The minimum atomic E-state index is -0.346. The van der Waals surface area contributed by atoms with E-state index < -0.39 is 0 Å². The van der Waals surface area contributed by atoms with Crippen LogP contribution in [0.5, 0.6) is 0 Å². The number of benzene rings is 2. The van der Waals surface area contributed by atoms with E-state index in [9.17, 15) is 4.79 Å². The van der Waals surface area contributed by atoms with Crippen LogP contribution in [0.15, 0.2) is 42.5 Å². The lowest BCUT2D eigenvalue weighted by atomic mass is 10.1. The number of hydrogen-bond acceptors (Lipinski definition) is 2. The van der Waals surface area contributed by atoms with E-state index in [2.05, 4.69) is 5.32 Å². The second-order valence-electron chi connectivity index (χ2n) is 3.77. The number of amides is 1. The molecule has 0 atom stereocenters. The summed E-state index contributed by atoms with van der Waals surface area (Å²) in [5.41, 5.74) is 1.24. The Balaban J connectivity index is 2.26. The van der Waals surface area contributed by atoms with Crippen LogP contribution in [0.4, 0.5) is 5.69 Å². The summed E-state index contributed by atoms with van der Waals surface area (Å²) in [6.45, 7) is 0. The number of nitrogens with one attached hydrogen (secondary N) is 1. The highest BCUT2D eigenvalue weighted by atomic mass is 35.5. The highest BCUT2D eigenvalue weighted by Crippen LogP contribution is 2.25. The molecular weight excluding hydrogens is 283 g/mol. The van der Waals surface area contributed by atoms with E-state index >= 15 is 0 Å². The van der Waals surface area contributed by atoms with E-state index in [1.165, 1.54) is 6.07 Å². The molecular formula is C14H8Cl2N2O. The summed E-state index contributed by atoms with van der Waals surface area (Å²) in [5, 5.41) is 12.3. The molecule has 0 aromatic heterocycles. The van der Waals surface area contributed by atoms with Gasteiger partial charge in [-0.05, 0) is 36.4 Å². The fraction of sp³-hybridized carbons (Fsp3) is 0. The van der Waals surface area contributed by atoms with Crippen molar-refractivity contribution in [2.45, 2.75) is 0 Å². The predicted octanol–water partition coefficient (Wildman–Crippen LogP) is 4.12. The van der Waals surface area contributed by atoms with Crippen LogP contribution in [0.3, 0.4) is 0 Å². The maximum Gasteiger partial charge on any atom is 0.255 e. The predicted molar refractivity (Wildman–Crippen MR) is 75.6 cm³/mol. The van der Waals surface area contributed by atoms with Gasteiger partial charge in [0.1, 0.15) is 0 Å². The number of hydrogen-bond donors (Lipinski definition) is 1. The molecule has 0 fully saturated rings. The standard InChI is InChI=1S/C14H8Cl2N2O/c15-11-4-5-12(16)13(7-11)18-14(19)10-3-1-2-9(6-10)8-17/h1-7H,(H,18,19). The van der Waals surface area contributed by atoms with Gasteiger partial charge in [-0.25, -0.2) is 0 Å². The van der Waals surface area contributed by atoms with Crippen LogP contribution in [0.2, 0.25) is 10.0 Å². The molecule has 0 bridgehead atoms. The second-order valence-corrected chi connectivity index (χ2v) is 4.61. The van der Waals surface area contributed by atoms with Crippen LogP contribution in [0.1, 0.15) is 15.9 Å². The summed E-state index contributed by atoms with van der Waals surface area (Å²) >= 11 is 11.8. The van der Waals surface area contributed by atoms with E-state index in [4.69, 9.17) is 28.5 Å². The number of nitrogens with zero attached hydrogens (tertiary/aromatic N) is 1. The van der Waals surface area contributed by atoms with Crippen molar-refractivity contribution in [3.63, 3.8) is 0 Å².